The average molecular weight is 309 g/mol. The van der Waals surface area contributed by atoms with Gasteiger partial charge in [-0.1, -0.05) is 12.1 Å². The molecule has 0 unspecified atom stereocenters. The number of nitrogens with two attached hydrogens (primary N) is 2. The number of aromatic nitrogens is 4. The number of hydrogen-bond donors (Lipinski definition) is 3. The van der Waals surface area contributed by atoms with Crippen LogP contribution in [-0.2, 0) is 13.0 Å². The molecule has 4 rings (SSSR count). The van der Waals surface area contributed by atoms with Crippen molar-refractivity contribution in [2.75, 3.05) is 17.2 Å². The third kappa shape index (κ3) is 2.07. The minimum atomic E-state index is -0.678. The van der Waals surface area contributed by atoms with E-state index >= 15 is 0 Å². The maximum atomic E-state index is 11.4. The van der Waals surface area contributed by atoms with E-state index in [1.54, 1.807) is 0 Å². The number of H-pyrrole nitrogens is 1. The summed E-state index contributed by atoms with van der Waals surface area (Å²) in [4.78, 5) is 13.6. The number of nitrogens with one attached hydrogen (secondary N) is 1. The Labute approximate surface area is 131 Å². The fourth-order valence-corrected chi connectivity index (χ4v) is 2.99. The average Bonchev–Trinajstić information content (AvgIpc) is 3.02. The molecule has 0 bridgehead atoms. The molecule has 0 saturated carbocycles. The van der Waals surface area contributed by atoms with Gasteiger partial charge in [0.05, 0.1) is 29.8 Å². The van der Waals surface area contributed by atoms with Crippen LogP contribution in [0.4, 0.5) is 11.4 Å². The summed E-state index contributed by atoms with van der Waals surface area (Å²) in [6.45, 7) is 1.57. The summed E-state index contributed by atoms with van der Waals surface area (Å²) in [5, 5.41) is 15.9. The lowest BCUT2D eigenvalue weighted by Crippen LogP contribution is -2.30. The summed E-state index contributed by atoms with van der Waals surface area (Å²) < 4.78 is 0. The van der Waals surface area contributed by atoms with Gasteiger partial charge in [-0.3, -0.25) is 9.89 Å². The minimum absolute atomic E-state index is 0.00384. The molecule has 0 radical (unpaired) electrons. The maximum Gasteiger partial charge on any atom is 0.271 e. The zero-order valence-corrected chi connectivity index (χ0v) is 12.3. The lowest BCUT2D eigenvalue weighted by molar-refractivity contribution is 0.0996. The van der Waals surface area contributed by atoms with Crippen LogP contribution in [0.2, 0.25) is 0 Å². The highest BCUT2D eigenvalue weighted by Gasteiger charge is 2.21. The number of carbonyl (C=O) groups is 1. The fraction of sp³-hybridized carbons (Fsp3) is 0.200. The van der Waals surface area contributed by atoms with E-state index in [9.17, 15) is 4.79 Å². The normalized spacial score (nSPS) is 14.0. The van der Waals surface area contributed by atoms with Crippen molar-refractivity contribution in [1.29, 1.82) is 0 Å². The molecule has 1 aliphatic rings. The van der Waals surface area contributed by atoms with Crippen molar-refractivity contribution in [3.8, 4) is 0 Å². The van der Waals surface area contributed by atoms with Gasteiger partial charge in [-0.15, -0.1) is 10.2 Å². The van der Waals surface area contributed by atoms with Crippen molar-refractivity contribution < 1.29 is 4.79 Å². The second-order valence-corrected chi connectivity index (χ2v) is 5.55. The molecule has 0 aliphatic carbocycles. The standard InChI is InChI=1S/C15H15N7O/c16-12-9-2-1-3-11(13(9)20-21-14(12)15(17)23)22-5-4-8-6-18-19-10(8)7-22/h1-3,6H,4-5,7H2,(H2,16,20)(H2,17,23)(H,18,19). The van der Waals surface area contributed by atoms with E-state index in [2.05, 4.69) is 25.3 Å². The molecule has 1 aromatic carbocycles. The molecule has 0 spiro atoms. The van der Waals surface area contributed by atoms with Gasteiger partial charge in [0, 0.05) is 11.9 Å². The SMILES string of the molecule is NC(=O)c1nnc2c(N3CCc4cn[nH]c4C3)cccc2c1N. The molecule has 8 nitrogen and oxygen atoms in total. The third-order valence-electron chi connectivity index (χ3n) is 4.19. The molecule has 5 N–H and O–H groups in total. The van der Waals surface area contributed by atoms with Crippen molar-refractivity contribution in [3.63, 3.8) is 0 Å². The molecule has 0 atom stereocenters. The van der Waals surface area contributed by atoms with Gasteiger partial charge < -0.3 is 16.4 Å². The van der Waals surface area contributed by atoms with Crippen molar-refractivity contribution in [1.82, 2.24) is 20.4 Å². The Morgan fingerprint density at radius 3 is 3.00 bits per heavy atom. The lowest BCUT2D eigenvalue weighted by atomic mass is 10.1. The van der Waals surface area contributed by atoms with Crippen LogP contribution in [-0.4, -0.2) is 32.8 Å². The Morgan fingerprint density at radius 1 is 1.30 bits per heavy atom. The predicted octanol–water partition coefficient (Wildman–Crippen LogP) is 0.597. The Hall–Kier alpha value is -3.16. The number of rotatable bonds is 2. The fourth-order valence-electron chi connectivity index (χ4n) is 2.99. The van der Waals surface area contributed by atoms with Crippen molar-refractivity contribution in [2.24, 2.45) is 5.73 Å². The van der Waals surface area contributed by atoms with E-state index < -0.39 is 5.91 Å². The lowest BCUT2D eigenvalue weighted by Gasteiger charge is -2.29. The summed E-state index contributed by atoms with van der Waals surface area (Å²) in [6, 6.07) is 5.69. The van der Waals surface area contributed by atoms with E-state index in [4.69, 9.17) is 11.5 Å². The van der Waals surface area contributed by atoms with Crippen LogP contribution in [0, 0.1) is 0 Å². The van der Waals surface area contributed by atoms with Crippen LogP contribution in [0.1, 0.15) is 21.7 Å². The smallest absolute Gasteiger partial charge is 0.271 e. The highest BCUT2D eigenvalue weighted by Crippen LogP contribution is 2.31. The first-order chi connectivity index (χ1) is 11.1. The Bertz CT molecular complexity index is 917. The molecular weight excluding hydrogens is 294 g/mol. The van der Waals surface area contributed by atoms with Crippen molar-refractivity contribution in [3.05, 3.63) is 41.3 Å². The molecule has 2 aromatic heterocycles. The number of amides is 1. The summed E-state index contributed by atoms with van der Waals surface area (Å²) >= 11 is 0. The van der Waals surface area contributed by atoms with E-state index in [-0.39, 0.29) is 11.4 Å². The van der Waals surface area contributed by atoms with Gasteiger partial charge >= 0.3 is 0 Å². The minimum Gasteiger partial charge on any atom is -0.396 e. The molecule has 3 heterocycles. The van der Waals surface area contributed by atoms with Crippen LogP contribution >= 0.6 is 0 Å². The van der Waals surface area contributed by atoms with E-state index in [0.717, 1.165) is 24.3 Å². The first kappa shape index (κ1) is 13.5. The number of anilines is 2. The summed E-state index contributed by atoms with van der Waals surface area (Å²) in [6.07, 6.45) is 2.78. The first-order valence-corrected chi connectivity index (χ1v) is 7.26. The molecule has 116 valence electrons. The van der Waals surface area contributed by atoms with Gasteiger partial charge in [0.25, 0.3) is 5.91 Å². The van der Waals surface area contributed by atoms with Crippen LogP contribution in [0.25, 0.3) is 10.9 Å². The molecule has 0 saturated heterocycles. The molecule has 8 heteroatoms. The van der Waals surface area contributed by atoms with E-state index in [1.165, 1.54) is 5.56 Å². The quantitative estimate of drug-likeness (QED) is 0.636. The third-order valence-corrected chi connectivity index (χ3v) is 4.19. The zero-order valence-electron chi connectivity index (χ0n) is 12.3. The van der Waals surface area contributed by atoms with Gasteiger partial charge in [-0.2, -0.15) is 5.10 Å². The second-order valence-electron chi connectivity index (χ2n) is 5.55. The molecule has 1 aliphatic heterocycles. The monoisotopic (exact) mass is 309 g/mol. The van der Waals surface area contributed by atoms with Gasteiger partial charge in [0.2, 0.25) is 0 Å². The summed E-state index contributed by atoms with van der Waals surface area (Å²) in [5.74, 6) is -0.678. The number of nitrogens with zero attached hydrogens (tertiary/aromatic N) is 4. The Morgan fingerprint density at radius 2 is 2.17 bits per heavy atom. The topological polar surface area (TPSA) is 127 Å². The number of nitrogen functional groups attached to an aromatic ring is 1. The highest BCUT2D eigenvalue weighted by atomic mass is 16.1. The van der Waals surface area contributed by atoms with Gasteiger partial charge in [0.15, 0.2) is 5.69 Å². The number of carbonyl (C=O) groups excluding carboxylic acids is 1. The van der Waals surface area contributed by atoms with Crippen LogP contribution in [0.3, 0.4) is 0 Å². The van der Waals surface area contributed by atoms with E-state index in [1.807, 2.05) is 24.4 Å². The largest absolute Gasteiger partial charge is 0.396 e. The molecule has 3 aromatic rings. The van der Waals surface area contributed by atoms with Gasteiger partial charge in [0.1, 0.15) is 5.52 Å². The van der Waals surface area contributed by atoms with Gasteiger partial charge in [-0.25, -0.2) is 0 Å². The van der Waals surface area contributed by atoms with Gasteiger partial charge in [-0.05, 0) is 18.1 Å². The number of aromatic amines is 1. The predicted molar refractivity (Wildman–Crippen MR) is 85.8 cm³/mol. The summed E-state index contributed by atoms with van der Waals surface area (Å²) in [7, 11) is 0. The van der Waals surface area contributed by atoms with Crippen LogP contribution in [0.15, 0.2) is 24.4 Å². The molecule has 0 fully saturated rings. The van der Waals surface area contributed by atoms with Crippen LogP contribution in [0.5, 0.6) is 0 Å². The van der Waals surface area contributed by atoms with Crippen LogP contribution < -0.4 is 16.4 Å². The van der Waals surface area contributed by atoms with E-state index in [0.29, 0.717) is 17.4 Å². The van der Waals surface area contributed by atoms with Crippen molar-refractivity contribution >= 4 is 28.2 Å². The summed E-state index contributed by atoms with van der Waals surface area (Å²) in [5.41, 5.74) is 15.5. The Balaban J connectivity index is 1.82. The second kappa shape index (κ2) is 4.94. The zero-order chi connectivity index (χ0) is 16.0. The number of primary amides is 1. The molecule has 1 amide bonds. The van der Waals surface area contributed by atoms with Crippen molar-refractivity contribution in [2.45, 2.75) is 13.0 Å². The maximum absolute atomic E-state index is 11.4. The molecular formula is C15H15N7O. The number of benzene rings is 1. The molecule has 23 heavy (non-hydrogen) atoms. The first-order valence-electron chi connectivity index (χ1n) is 7.26. The highest BCUT2D eigenvalue weighted by molar-refractivity contribution is 6.06. The Kier molecular flexibility index (Phi) is 2.90. The number of hydrogen-bond acceptors (Lipinski definition) is 6. The number of fused-ring (bicyclic) bond motifs is 2.